The van der Waals surface area contributed by atoms with E-state index >= 15 is 0 Å². The number of hydrogen-bond acceptors (Lipinski definition) is 3. The van der Waals surface area contributed by atoms with Gasteiger partial charge in [0.2, 0.25) is 0 Å². The molecule has 1 amide bonds. The molecule has 0 saturated carbocycles. The van der Waals surface area contributed by atoms with Gasteiger partial charge in [-0.25, -0.2) is 0 Å². The zero-order chi connectivity index (χ0) is 13.3. The Labute approximate surface area is 110 Å². The number of nitrogen functional groups attached to an aromatic ring is 1. The number of aryl methyl sites for hydroxylation is 2. The summed E-state index contributed by atoms with van der Waals surface area (Å²) >= 11 is 5.81. The predicted octanol–water partition coefficient (Wildman–Crippen LogP) is 3.38. The van der Waals surface area contributed by atoms with Crippen LogP contribution in [0.2, 0.25) is 5.02 Å². The van der Waals surface area contributed by atoms with Crippen LogP contribution in [0.4, 0.5) is 11.4 Å². The molecule has 18 heavy (non-hydrogen) atoms. The largest absolute Gasteiger partial charge is 0.466 e. The third kappa shape index (κ3) is 2.49. The van der Waals surface area contributed by atoms with E-state index in [1.807, 2.05) is 0 Å². The lowest BCUT2D eigenvalue weighted by Crippen LogP contribution is -2.12. The Bertz CT molecular complexity index is 605. The molecule has 0 saturated heterocycles. The first kappa shape index (κ1) is 12.5. The maximum atomic E-state index is 12.0. The Morgan fingerprint density at radius 2 is 2.06 bits per heavy atom. The van der Waals surface area contributed by atoms with Crippen molar-refractivity contribution >= 4 is 28.9 Å². The Kier molecular flexibility index (Phi) is 3.30. The van der Waals surface area contributed by atoms with E-state index in [1.54, 1.807) is 38.1 Å². The number of benzene rings is 1. The van der Waals surface area contributed by atoms with Crippen molar-refractivity contribution in [1.82, 2.24) is 0 Å². The van der Waals surface area contributed by atoms with Gasteiger partial charge in [-0.05, 0) is 38.1 Å². The van der Waals surface area contributed by atoms with Crippen LogP contribution in [0.5, 0.6) is 0 Å². The van der Waals surface area contributed by atoms with Crippen LogP contribution in [0, 0.1) is 13.8 Å². The first-order chi connectivity index (χ1) is 8.47. The van der Waals surface area contributed by atoms with E-state index in [0.717, 1.165) is 0 Å². The fourth-order valence-electron chi connectivity index (χ4n) is 1.68. The molecule has 2 aromatic rings. The van der Waals surface area contributed by atoms with E-state index in [9.17, 15) is 4.79 Å². The molecule has 0 bridgehead atoms. The van der Waals surface area contributed by atoms with E-state index in [4.69, 9.17) is 21.8 Å². The van der Waals surface area contributed by atoms with Crippen LogP contribution in [0.15, 0.2) is 28.7 Å². The first-order valence-corrected chi connectivity index (χ1v) is 5.78. The Balaban J connectivity index is 2.21. The molecule has 1 heterocycles. The number of furan rings is 1. The van der Waals surface area contributed by atoms with Crippen LogP contribution in [0.1, 0.15) is 21.9 Å². The first-order valence-electron chi connectivity index (χ1n) is 5.41. The molecule has 5 heteroatoms. The van der Waals surface area contributed by atoms with Gasteiger partial charge in [0, 0.05) is 5.69 Å². The topological polar surface area (TPSA) is 68.3 Å². The molecule has 0 radical (unpaired) electrons. The second kappa shape index (κ2) is 4.74. The summed E-state index contributed by atoms with van der Waals surface area (Å²) in [7, 11) is 0. The maximum Gasteiger partial charge on any atom is 0.259 e. The summed E-state index contributed by atoms with van der Waals surface area (Å²) in [5.74, 6) is 1.06. The fourth-order valence-corrected chi connectivity index (χ4v) is 1.79. The molecule has 3 N–H and O–H groups in total. The molecular formula is C13H13ClN2O2. The Morgan fingerprint density at radius 3 is 2.61 bits per heavy atom. The Hall–Kier alpha value is -1.94. The molecule has 0 aliphatic heterocycles. The van der Waals surface area contributed by atoms with Gasteiger partial charge in [-0.3, -0.25) is 4.79 Å². The molecule has 94 valence electrons. The van der Waals surface area contributed by atoms with Crippen LogP contribution in [-0.4, -0.2) is 5.91 Å². The molecule has 0 fully saturated rings. The lowest BCUT2D eigenvalue weighted by Gasteiger charge is -2.06. The number of carbonyl (C=O) groups excluding carboxylic acids is 1. The summed E-state index contributed by atoms with van der Waals surface area (Å²) in [6.45, 7) is 3.54. The lowest BCUT2D eigenvalue weighted by atomic mass is 10.2. The van der Waals surface area contributed by atoms with E-state index < -0.39 is 0 Å². The monoisotopic (exact) mass is 264 g/mol. The second-order valence-corrected chi connectivity index (χ2v) is 4.42. The molecule has 4 nitrogen and oxygen atoms in total. The molecule has 0 unspecified atom stereocenters. The quantitative estimate of drug-likeness (QED) is 0.817. The molecule has 1 aromatic carbocycles. The van der Waals surface area contributed by atoms with Crippen molar-refractivity contribution in [2.24, 2.45) is 0 Å². The number of halogens is 1. The van der Waals surface area contributed by atoms with Gasteiger partial charge >= 0.3 is 0 Å². The van der Waals surface area contributed by atoms with Crippen molar-refractivity contribution in [2.45, 2.75) is 13.8 Å². The third-order valence-electron chi connectivity index (χ3n) is 2.54. The molecule has 0 atom stereocenters. The van der Waals surface area contributed by atoms with Crippen LogP contribution in [0.3, 0.4) is 0 Å². The highest BCUT2D eigenvalue weighted by molar-refractivity contribution is 6.33. The van der Waals surface area contributed by atoms with Crippen LogP contribution in [-0.2, 0) is 0 Å². The summed E-state index contributed by atoms with van der Waals surface area (Å²) in [4.78, 5) is 12.0. The number of rotatable bonds is 2. The van der Waals surface area contributed by atoms with E-state index in [0.29, 0.717) is 33.5 Å². The number of nitrogens with one attached hydrogen (secondary N) is 1. The Morgan fingerprint density at radius 1 is 1.33 bits per heavy atom. The summed E-state index contributed by atoms with van der Waals surface area (Å²) < 4.78 is 5.31. The standard InChI is InChI=1S/C13H13ClN2O2/c1-7-5-10(8(2)18-7)13(17)16-9-3-4-11(14)12(15)6-9/h3-6H,15H2,1-2H3,(H,16,17). The van der Waals surface area contributed by atoms with Crippen molar-refractivity contribution in [3.05, 3.63) is 46.4 Å². The van der Waals surface area contributed by atoms with Crippen molar-refractivity contribution in [3.63, 3.8) is 0 Å². The van der Waals surface area contributed by atoms with Gasteiger partial charge in [0.1, 0.15) is 11.5 Å². The minimum Gasteiger partial charge on any atom is -0.466 e. The molecule has 0 aliphatic carbocycles. The number of hydrogen-bond donors (Lipinski definition) is 2. The van der Waals surface area contributed by atoms with Gasteiger partial charge in [-0.2, -0.15) is 0 Å². The van der Waals surface area contributed by atoms with Crippen molar-refractivity contribution in [2.75, 3.05) is 11.1 Å². The molecule has 0 aliphatic rings. The number of amides is 1. The highest BCUT2D eigenvalue weighted by Crippen LogP contribution is 2.23. The van der Waals surface area contributed by atoms with Crippen molar-refractivity contribution in [1.29, 1.82) is 0 Å². The van der Waals surface area contributed by atoms with Crippen LogP contribution >= 0.6 is 11.6 Å². The lowest BCUT2D eigenvalue weighted by molar-refractivity contribution is 0.102. The zero-order valence-corrected chi connectivity index (χ0v) is 10.8. The van der Waals surface area contributed by atoms with Gasteiger partial charge in [0.15, 0.2) is 0 Å². The average Bonchev–Trinajstić information content (AvgIpc) is 2.63. The smallest absolute Gasteiger partial charge is 0.259 e. The van der Waals surface area contributed by atoms with Gasteiger partial charge < -0.3 is 15.5 Å². The van der Waals surface area contributed by atoms with Gasteiger partial charge in [0.25, 0.3) is 5.91 Å². The predicted molar refractivity (Wildman–Crippen MR) is 72.0 cm³/mol. The second-order valence-electron chi connectivity index (χ2n) is 4.02. The van der Waals surface area contributed by atoms with Crippen LogP contribution < -0.4 is 11.1 Å². The molecule has 0 spiro atoms. The van der Waals surface area contributed by atoms with Gasteiger partial charge in [0.05, 0.1) is 16.3 Å². The van der Waals surface area contributed by atoms with E-state index in [1.165, 1.54) is 0 Å². The SMILES string of the molecule is Cc1cc(C(=O)Nc2ccc(Cl)c(N)c2)c(C)o1. The molecule has 2 rings (SSSR count). The summed E-state index contributed by atoms with van der Waals surface area (Å²) in [5.41, 5.74) is 7.21. The summed E-state index contributed by atoms with van der Waals surface area (Å²) in [5, 5.41) is 3.20. The van der Waals surface area contributed by atoms with Crippen LogP contribution in [0.25, 0.3) is 0 Å². The third-order valence-corrected chi connectivity index (χ3v) is 2.88. The summed E-state index contributed by atoms with van der Waals surface area (Å²) in [6, 6.07) is 6.64. The minimum absolute atomic E-state index is 0.230. The van der Waals surface area contributed by atoms with Crippen molar-refractivity contribution < 1.29 is 9.21 Å². The minimum atomic E-state index is -0.230. The van der Waals surface area contributed by atoms with Crippen molar-refractivity contribution in [3.8, 4) is 0 Å². The maximum absolute atomic E-state index is 12.0. The average molecular weight is 265 g/mol. The van der Waals surface area contributed by atoms with Gasteiger partial charge in [-0.15, -0.1) is 0 Å². The number of carbonyl (C=O) groups is 1. The highest BCUT2D eigenvalue weighted by atomic mass is 35.5. The highest BCUT2D eigenvalue weighted by Gasteiger charge is 2.13. The summed E-state index contributed by atoms with van der Waals surface area (Å²) in [6.07, 6.45) is 0. The zero-order valence-electron chi connectivity index (χ0n) is 10.1. The fraction of sp³-hybridized carbons (Fsp3) is 0.154. The van der Waals surface area contributed by atoms with Gasteiger partial charge in [-0.1, -0.05) is 11.6 Å². The number of nitrogens with two attached hydrogens (primary N) is 1. The molecule has 1 aromatic heterocycles. The van der Waals surface area contributed by atoms with E-state index in [2.05, 4.69) is 5.32 Å². The number of anilines is 2. The normalized spacial score (nSPS) is 10.4. The van der Waals surface area contributed by atoms with E-state index in [-0.39, 0.29) is 5.91 Å². The molecular weight excluding hydrogens is 252 g/mol.